The first-order valence-corrected chi connectivity index (χ1v) is 8.31. The standard InChI is InChI=1S/C19H18N4O3/c1-11-14(8-17(26-11)13-6-4-3-5-7-13)19(25)20-18-15-9-23(12(2)24)10-16(15)21-22-18/h3-8H,9-10H2,1-2H3,(H2,20,21,22,25). The van der Waals surface area contributed by atoms with E-state index in [2.05, 4.69) is 15.5 Å². The van der Waals surface area contributed by atoms with Crippen molar-refractivity contribution in [2.24, 2.45) is 0 Å². The minimum absolute atomic E-state index is 0.0153. The number of aromatic nitrogens is 2. The Hall–Kier alpha value is -3.35. The number of furan rings is 1. The number of carbonyl (C=O) groups is 2. The molecule has 0 saturated heterocycles. The number of H-pyrrole nitrogens is 1. The first-order valence-electron chi connectivity index (χ1n) is 8.31. The summed E-state index contributed by atoms with van der Waals surface area (Å²) in [6.45, 7) is 4.18. The lowest BCUT2D eigenvalue weighted by Gasteiger charge is -2.12. The number of hydrogen-bond donors (Lipinski definition) is 2. The average molecular weight is 350 g/mol. The third-order valence-electron chi connectivity index (χ3n) is 4.55. The summed E-state index contributed by atoms with van der Waals surface area (Å²) in [5.74, 6) is 1.42. The number of fused-ring (bicyclic) bond motifs is 1. The van der Waals surface area contributed by atoms with E-state index >= 15 is 0 Å². The lowest BCUT2D eigenvalue weighted by molar-refractivity contribution is -0.129. The highest BCUT2D eigenvalue weighted by atomic mass is 16.3. The van der Waals surface area contributed by atoms with Crippen LogP contribution in [-0.2, 0) is 17.9 Å². The predicted molar refractivity (Wildman–Crippen MR) is 95.3 cm³/mol. The van der Waals surface area contributed by atoms with Gasteiger partial charge < -0.3 is 14.6 Å². The van der Waals surface area contributed by atoms with Crippen LogP contribution < -0.4 is 5.32 Å². The van der Waals surface area contributed by atoms with Crippen LogP contribution in [0.5, 0.6) is 0 Å². The molecule has 3 aromatic rings. The van der Waals surface area contributed by atoms with Crippen LogP contribution in [0.1, 0.15) is 34.3 Å². The Morgan fingerprint density at radius 1 is 1.23 bits per heavy atom. The van der Waals surface area contributed by atoms with E-state index in [9.17, 15) is 9.59 Å². The molecule has 4 rings (SSSR count). The lowest BCUT2D eigenvalue weighted by atomic mass is 10.1. The zero-order valence-corrected chi connectivity index (χ0v) is 14.5. The molecule has 0 unspecified atom stereocenters. The Labute approximate surface area is 150 Å². The SMILES string of the molecule is CC(=O)N1Cc2n[nH]c(NC(=O)c3cc(-c4ccccc4)oc3C)c2C1. The third-order valence-corrected chi connectivity index (χ3v) is 4.55. The number of carbonyl (C=O) groups excluding carboxylic acids is 2. The fraction of sp³-hybridized carbons (Fsp3) is 0.211. The van der Waals surface area contributed by atoms with Gasteiger partial charge in [0.15, 0.2) is 0 Å². The minimum Gasteiger partial charge on any atom is -0.461 e. The molecule has 0 atom stereocenters. The smallest absolute Gasteiger partial charge is 0.260 e. The van der Waals surface area contributed by atoms with Gasteiger partial charge >= 0.3 is 0 Å². The number of aryl methyl sites for hydroxylation is 1. The zero-order chi connectivity index (χ0) is 18.3. The Balaban J connectivity index is 1.56. The third kappa shape index (κ3) is 2.77. The quantitative estimate of drug-likeness (QED) is 0.759. The van der Waals surface area contributed by atoms with Crippen molar-refractivity contribution >= 4 is 17.6 Å². The number of hydrogen-bond acceptors (Lipinski definition) is 4. The summed E-state index contributed by atoms with van der Waals surface area (Å²) in [5, 5.41) is 9.89. The van der Waals surface area contributed by atoms with E-state index < -0.39 is 0 Å². The molecule has 26 heavy (non-hydrogen) atoms. The van der Waals surface area contributed by atoms with Crippen LogP contribution in [0.2, 0.25) is 0 Å². The summed E-state index contributed by atoms with van der Waals surface area (Å²) in [5.41, 5.74) is 3.00. The molecule has 2 aromatic heterocycles. The maximum atomic E-state index is 12.7. The maximum absolute atomic E-state index is 12.7. The zero-order valence-electron chi connectivity index (χ0n) is 14.5. The van der Waals surface area contributed by atoms with E-state index in [0.717, 1.165) is 16.8 Å². The normalized spacial score (nSPS) is 12.9. The van der Waals surface area contributed by atoms with Gasteiger partial charge in [-0.3, -0.25) is 14.7 Å². The highest BCUT2D eigenvalue weighted by Gasteiger charge is 2.28. The van der Waals surface area contributed by atoms with Gasteiger partial charge in [0.1, 0.15) is 17.3 Å². The van der Waals surface area contributed by atoms with Crippen LogP contribution in [0.4, 0.5) is 5.82 Å². The van der Waals surface area contributed by atoms with Gasteiger partial charge in [0.2, 0.25) is 5.91 Å². The molecule has 7 heteroatoms. The van der Waals surface area contributed by atoms with Crippen molar-refractivity contribution in [1.82, 2.24) is 15.1 Å². The number of anilines is 1. The van der Waals surface area contributed by atoms with Crippen molar-refractivity contribution in [2.45, 2.75) is 26.9 Å². The summed E-state index contributed by atoms with van der Waals surface area (Å²) >= 11 is 0. The first-order chi connectivity index (χ1) is 12.5. The van der Waals surface area contributed by atoms with Gasteiger partial charge in [0.25, 0.3) is 5.91 Å². The highest BCUT2D eigenvalue weighted by molar-refractivity contribution is 6.05. The molecule has 7 nitrogen and oxygen atoms in total. The fourth-order valence-corrected chi connectivity index (χ4v) is 3.09. The largest absolute Gasteiger partial charge is 0.461 e. The molecule has 3 heterocycles. The van der Waals surface area contributed by atoms with Crippen molar-refractivity contribution in [3.8, 4) is 11.3 Å². The van der Waals surface area contributed by atoms with Crippen molar-refractivity contribution in [3.05, 3.63) is 59.0 Å². The van der Waals surface area contributed by atoms with Crippen LogP contribution in [-0.4, -0.2) is 26.9 Å². The van der Waals surface area contributed by atoms with Crippen LogP contribution in [0.15, 0.2) is 40.8 Å². The highest BCUT2D eigenvalue weighted by Crippen LogP contribution is 2.29. The summed E-state index contributed by atoms with van der Waals surface area (Å²) < 4.78 is 5.74. The molecule has 1 aliphatic heterocycles. The van der Waals surface area contributed by atoms with E-state index in [4.69, 9.17) is 4.42 Å². The molecule has 0 saturated carbocycles. The van der Waals surface area contributed by atoms with Crippen molar-refractivity contribution in [2.75, 3.05) is 5.32 Å². The minimum atomic E-state index is -0.277. The van der Waals surface area contributed by atoms with E-state index in [0.29, 0.717) is 36.0 Å². The molecule has 0 radical (unpaired) electrons. The molecule has 132 valence electrons. The number of nitrogens with zero attached hydrogens (tertiary/aromatic N) is 2. The average Bonchev–Trinajstić information content (AvgIpc) is 3.31. The monoisotopic (exact) mass is 350 g/mol. The van der Waals surface area contributed by atoms with E-state index in [1.807, 2.05) is 30.3 Å². The molecule has 2 amide bonds. The van der Waals surface area contributed by atoms with Gasteiger partial charge in [0, 0.05) is 18.1 Å². The summed E-state index contributed by atoms with van der Waals surface area (Å²) in [6, 6.07) is 11.4. The molecular formula is C19H18N4O3. The van der Waals surface area contributed by atoms with Crippen molar-refractivity contribution in [3.63, 3.8) is 0 Å². The summed E-state index contributed by atoms with van der Waals surface area (Å²) in [4.78, 5) is 25.9. The van der Waals surface area contributed by atoms with Gasteiger partial charge in [-0.2, -0.15) is 5.10 Å². The second kappa shape index (κ2) is 6.18. The Morgan fingerprint density at radius 2 is 2.00 bits per heavy atom. The molecule has 0 fully saturated rings. The van der Waals surface area contributed by atoms with Crippen molar-refractivity contribution in [1.29, 1.82) is 0 Å². The number of benzene rings is 1. The predicted octanol–water partition coefficient (Wildman–Crippen LogP) is 3.09. The number of aromatic amines is 1. The Bertz CT molecular complexity index is 988. The van der Waals surface area contributed by atoms with E-state index in [1.165, 1.54) is 6.92 Å². The van der Waals surface area contributed by atoms with E-state index in [1.54, 1.807) is 17.9 Å². The molecule has 1 aromatic carbocycles. The molecule has 0 spiro atoms. The van der Waals surface area contributed by atoms with Gasteiger partial charge in [-0.1, -0.05) is 30.3 Å². The molecule has 1 aliphatic rings. The van der Waals surface area contributed by atoms with Crippen LogP contribution in [0.3, 0.4) is 0 Å². The second-order valence-corrected chi connectivity index (χ2v) is 6.30. The Kier molecular flexibility index (Phi) is 3.84. The molecule has 0 bridgehead atoms. The van der Waals surface area contributed by atoms with Gasteiger partial charge in [-0.05, 0) is 13.0 Å². The van der Waals surface area contributed by atoms with Crippen LogP contribution >= 0.6 is 0 Å². The maximum Gasteiger partial charge on any atom is 0.260 e. The fourth-order valence-electron chi connectivity index (χ4n) is 3.09. The van der Waals surface area contributed by atoms with Gasteiger partial charge in [0.05, 0.1) is 24.3 Å². The molecular weight excluding hydrogens is 332 g/mol. The Morgan fingerprint density at radius 3 is 2.73 bits per heavy atom. The lowest BCUT2D eigenvalue weighted by Crippen LogP contribution is -2.23. The summed E-state index contributed by atoms with van der Waals surface area (Å²) in [7, 11) is 0. The van der Waals surface area contributed by atoms with Gasteiger partial charge in [-0.15, -0.1) is 0 Å². The van der Waals surface area contributed by atoms with Gasteiger partial charge in [-0.25, -0.2) is 0 Å². The van der Waals surface area contributed by atoms with E-state index in [-0.39, 0.29) is 11.8 Å². The topological polar surface area (TPSA) is 91.2 Å². The van der Waals surface area contributed by atoms with Crippen molar-refractivity contribution < 1.29 is 14.0 Å². The summed E-state index contributed by atoms with van der Waals surface area (Å²) in [6.07, 6.45) is 0. The number of nitrogens with one attached hydrogen (secondary N) is 2. The second-order valence-electron chi connectivity index (χ2n) is 6.30. The number of amides is 2. The van der Waals surface area contributed by atoms with Crippen LogP contribution in [0.25, 0.3) is 11.3 Å². The van der Waals surface area contributed by atoms with Crippen LogP contribution in [0, 0.1) is 6.92 Å². The molecule has 2 N–H and O–H groups in total. The number of rotatable bonds is 3. The molecule has 0 aliphatic carbocycles. The first kappa shape index (κ1) is 16.1.